The highest BCUT2D eigenvalue weighted by atomic mass is 16.3. The molecule has 0 spiro atoms. The van der Waals surface area contributed by atoms with Crippen LogP contribution >= 0.6 is 0 Å². The second-order valence-corrected chi connectivity index (χ2v) is 3.29. The summed E-state index contributed by atoms with van der Waals surface area (Å²) < 4.78 is 0. The van der Waals surface area contributed by atoms with Crippen molar-refractivity contribution in [1.29, 1.82) is 0 Å². The molecule has 1 rings (SSSR count). The molecule has 3 N–H and O–H groups in total. The molecule has 0 aliphatic carbocycles. The van der Waals surface area contributed by atoms with Gasteiger partial charge in [0.2, 0.25) is 5.91 Å². The molecule has 0 saturated heterocycles. The molecule has 74 valence electrons. The Morgan fingerprint density at radius 3 is 3.08 bits per heavy atom. The van der Waals surface area contributed by atoms with Crippen LogP contribution in [0.5, 0.6) is 0 Å². The lowest BCUT2D eigenvalue weighted by Gasteiger charge is -2.27. The predicted molar refractivity (Wildman–Crippen MR) is 49.7 cm³/mol. The molecule has 4 nitrogen and oxygen atoms in total. The molecule has 1 aliphatic rings. The van der Waals surface area contributed by atoms with Crippen LogP contribution in [0.1, 0.15) is 12.8 Å². The van der Waals surface area contributed by atoms with Crippen molar-refractivity contribution in [3.63, 3.8) is 0 Å². The van der Waals surface area contributed by atoms with Crippen LogP contribution in [0.25, 0.3) is 0 Å². The molecule has 0 saturated carbocycles. The van der Waals surface area contributed by atoms with Crippen molar-refractivity contribution in [2.45, 2.75) is 12.8 Å². The van der Waals surface area contributed by atoms with Gasteiger partial charge in [0.05, 0.1) is 5.92 Å². The lowest BCUT2D eigenvalue weighted by Crippen LogP contribution is -2.36. The van der Waals surface area contributed by atoms with Crippen LogP contribution in [0.3, 0.4) is 0 Å². The first-order valence-electron chi connectivity index (χ1n) is 4.55. The summed E-state index contributed by atoms with van der Waals surface area (Å²) in [4.78, 5) is 12.9. The normalized spacial score (nSPS) is 21.9. The van der Waals surface area contributed by atoms with E-state index in [9.17, 15) is 4.79 Å². The Bertz CT molecular complexity index is 204. The number of nitrogens with zero attached hydrogens (tertiary/aromatic N) is 1. The number of aliphatic hydroxyl groups is 1. The number of hydrogen-bond donors (Lipinski definition) is 2. The van der Waals surface area contributed by atoms with Crippen molar-refractivity contribution >= 4 is 5.91 Å². The van der Waals surface area contributed by atoms with Gasteiger partial charge in [0.1, 0.15) is 0 Å². The summed E-state index contributed by atoms with van der Waals surface area (Å²) in [6.07, 6.45) is 5.40. The van der Waals surface area contributed by atoms with Crippen LogP contribution < -0.4 is 5.73 Å². The largest absolute Gasteiger partial charge is 0.396 e. The number of carbonyl (C=O) groups excluding carboxylic acids is 1. The molecule has 1 unspecified atom stereocenters. The first-order chi connectivity index (χ1) is 6.24. The fourth-order valence-electron chi connectivity index (χ4n) is 1.44. The Labute approximate surface area is 78.0 Å². The van der Waals surface area contributed by atoms with E-state index in [2.05, 4.69) is 0 Å². The van der Waals surface area contributed by atoms with Crippen LogP contribution in [0.2, 0.25) is 0 Å². The lowest BCUT2D eigenvalue weighted by molar-refractivity contribution is -0.122. The summed E-state index contributed by atoms with van der Waals surface area (Å²) in [5, 5.41) is 8.63. The average Bonchev–Trinajstić information content (AvgIpc) is 2.15. The summed E-state index contributed by atoms with van der Waals surface area (Å²) in [5.41, 5.74) is 5.21. The van der Waals surface area contributed by atoms with E-state index < -0.39 is 0 Å². The van der Waals surface area contributed by atoms with Gasteiger partial charge in [0.25, 0.3) is 0 Å². The van der Waals surface area contributed by atoms with Gasteiger partial charge in [0, 0.05) is 19.7 Å². The number of carbonyl (C=O) groups is 1. The number of hydrogen-bond acceptors (Lipinski definition) is 3. The van der Waals surface area contributed by atoms with Crippen molar-refractivity contribution in [2.75, 3.05) is 19.7 Å². The van der Waals surface area contributed by atoms with Crippen molar-refractivity contribution in [3.05, 3.63) is 12.3 Å². The summed E-state index contributed by atoms with van der Waals surface area (Å²) in [7, 11) is 0. The number of nitrogens with two attached hydrogens (primary N) is 1. The van der Waals surface area contributed by atoms with Gasteiger partial charge < -0.3 is 15.7 Å². The van der Waals surface area contributed by atoms with E-state index >= 15 is 0 Å². The number of rotatable bonds is 4. The smallest absolute Gasteiger partial charge is 0.222 e. The molecule has 1 aliphatic heterocycles. The van der Waals surface area contributed by atoms with Crippen LogP contribution in [-0.4, -0.2) is 35.6 Å². The number of allylic oxidation sites excluding steroid dienone is 1. The zero-order valence-corrected chi connectivity index (χ0v) is 7.65. The standard InChI is InChI=1S/C9H16N2O2/c10-9(13)8-3-1-4-11(7-8)5-2-6-12/h1,4,8,12H,2-3,5-7H2,(H2,10,13). The van der Waals surface area contributed by atoms with Crippen molar-refractivity contribution < 1.29 is 9.90 Å². The Kier molecular flexibility index (Phi) is 3.76. The molecule has 13 heavy (non-hydrogen) atoms. The van der Waals surface area contributed by atoms with E-state index in [1.54, 1.807) is 0 Å². The highest BCUT2D eigenvalue weighted by molar-refractivity contribution is 5.77. The highest BCUT2D eigenvalue weighted by Crippen LogP contribution is 2.13. The zero-order valence-electron chi connectivity index (χ0n) is 7.65. The van der Waals surface area contributed by atoms with Crippen LogP contribution in [-0.2, 0) is 4.79 Å². The Balaban J connectivity index is 2.37. The van der Waals surface area contributed by atoms with E-state index in [0.29, 0.717) is 6.54 Å². The maximum Gasteiger partial charge on any atom is 0.222 e. The topological polar surface area (TPSA) is 66.6 Å². The van der Waals surface area contributed by atoms with E-state index in [1.165, 1.54) is 0 Å². The van der Waals surface area contributed by atoms with Gasteiger partial charge in [-0.1, -0.05) is 6.08 Å². The van der Waals surface area contributed by atoms with Gasteiger partial charge >= 0.3 is 0 Å². The maximum absolute atomic E-state index is 10.9. The van der Waals surface area contributed by atoms with Crippen molar-refractivity contribution in [2.24, 2.45) is 11.7 Å². The SMILES string of the molecule is NC(=O)C1CC=CN(CCCO)C1. The molecule has 4 heteroatoms. The second kappa shape index (κ2) is 4.87. The van der Waals surface area contributed by atoms with E-state index in [-0.39, 0.29) is 18.4 Å². The van der Waals surface area contributed by atoms with E-state index in [0.717, 1.165) is 19.4 Å². The highest BCUT2D eigenvalue weighted by Gasteiger charge is 2.19. The minimum atomic E-state index is -0.238. The van der Waals surface area contributed by atoms with Gasteiger partial charge in [-0.3, -0.25) is 4.79 Å². The molecule has 0 aromatic carbocycles. The molecule has 0 fully saturated rings. The van der Waals surface area contributed by atoms with Gasteiger partial charge in [-0.2, -0.15) is 0 Å². The van der Waals surface area contributed by atoms with E-state index in [1.807, 2.05) is 17.2 Å². The minimum absolute atomic E-state index is 0.0660. The summed E-state index contributed by atoms with van der Waals surface area (Å²) in [5.74, 6) is -0.304. The van der Waals surface area contributed by atoms with E-state index in [4.69, 9.17) is 10.8 Å². The Morgan fingerprint density at radius 2 is 2.46 bits per heavy atom. The number of primary amides is 1. The number of aliphatic hydroxyl groups excluding tert-OH is 1. The minimum Gasteiger partial charge on any atom is -0.396 e. The maximum atomic E-state index is 10.9. The Hall–Kier alpha value is -1.03. The zero-order chi connectivity index (χ0) is 9.68. The molecular formula is C9H16N2O2. The third-order valence-electron chi connectivity index (χ3n) is 2.20. The molecular weight excluding hydrogens is 168 g/mol. The second-order valence-electron chi connectivity index (χ2n) is 3.29. The molecule has 0 bridgehead atoms. The summed E-state index contributed by atoms with van der Waals surface area (Å²) in [6, 6.07) is 0. The van der Waals surface area contributed by atoms with Gasteiger partial charge in [-0.15, -0.1) is 0 Å². The van der Waals surface area contributed by atoms with Crippen molar-refractivity contribution in [3.8, 4) is 0 Å². The first-order valence-corrected chi connectivity index (χ1v) is 4.55. The Morgan fingerprint density at radius 1 is 1.69 bits per heavy atom. The monoisotopic (exact) mass is 184 g/mol. The molecule has 1 atom stereocenters. The molecule has 0 aromatic rings. The molecule has 0 radical (unpaired) electrons. The predicted octanol–water partition coefficient (Wildman–Crippen LogP) is -0.310. The average molecular weight is 184 g/mol. The lowest BCUT2D eigenvalue weighted by atomic mass is 10.0. The van der Waals surface area contributed by atoms with Gasteiger partial charge in [-0.05, 0) is 19.0 Å². The third-order valence-corrected chi connectivity index (χ3v) is 2.20. The molecule has 1 amide bonds. The molecule has 1 heterocycles. The quantitative estimate of drug-likeness (QED) is 0.630. The van der Waals surface area contributed by atoms with Crippen LogP contribution in [0, 0.1) is 5.92 Å². The van der Waals surface area contributed by atoms with Gasteiger partial charge in [0.15, 0.2) is 0 Å². The number of amides is 1. The van der Waals surface area contributed by atoms with Crippen LogP contribution in [0.4, 0.5) is 0 Å². The summed E-state index contributed by atoms with van der Waals surface area (Å²) in [6.45, 7) is 1.66. The van der Waals surface area contributed by atoms with Gasteiger partial charge in [-0.25, -0.2) is 0 Å². The molecule has 0 aromatic heterocycles. The first kappa shape index (κ1) is 10.1. The van der Waals surface area contributed by atoms with Crippen molar-refractivity contribution in [1.82, 2.24) is 4.90 Å². The summed E-state index contributed by atoms with van der Waals surface area (Å²) >= 11 is 0. The fraction of sp³-hybridized carbons (Fsp3) is 0.667. The van der Waals surface area contributed by atoms with Crippen LogP contribution in [0.15, 0.2) is 12.3 Å². The fourth-order valence-corrected chi connectivity index (χ4v) is 1.44. The third kappa shape index (κ3) is 3.06.